The minimum Gasteiger partial charge on any atom is -0.299 e. The lowest BCUT2D eigenvalue weighted by Gasteiger charge is -2.09. The second-order valence-corrected chi connectivity index (χ2v) is 8.27. The van der Waals surface area contributed by atoms with Gasteiger partial charge in [-0.3, -0.25) is 9.38 Å². The van der Waals surface area contributed by atoms with Gasteiger partial charge >= 0.3 is 0 Å². The number of nitrogens with zero attached hydrogens (tertiary/aromatic N) is 3. The van der Waals surface area contributed by atoms with Crippen LogP contribution in [0.4, 0.5) is 0 Å². The van der Waals surface area contributed by atoms with Crippen molar-refractivity contribution in [2.75, 3.05) is 0 Å². The number of hydrogen-bond acceptors (Lipinski definition) is 3. The van der Waals surface area contributed by atoms with E-state index in [0.29, 0.717) is 5.25 Å². The van der Waals surface area contributed by atoms with Crippen LogP contribution in [0.2, 0.25) is 0 Å². The first kappa shape index (κ1) is 16.9. The molecule has 4 rings (SSSR count). The Morgan fingerprint density at radius 1 is 0.923 bits per heavy atom. The summed E-state index contributed by atoms with van der Waals surface area (Å²) in [6, 6.07) is 17.0. The number of imidazole rings is 1. The van der Waals surface area contributed by atoms with E-state index in [0.717, 1.165) is 28.2 Å². The molecule has 0 atom stereocenters. The highest BCUT2D eigenvalue weighted by atomic mass is 32.2. The van der Waals surface area contributed by atoms with Crippen molar-refractivity contribution in [1.29, 1.82) is 0 Å². The van der Waals surface area contributed by atoms with E-state index in [1.165, 1.54) is 10.5 Å². The SMILES string of the molecule is Cc1ncccc1-c1ccc2ncc(-c3ccc(SC(C)C)cc3)n2c1. The summed E-state index contributed by atoms with van der Waals surface area (Å²) in [5.74, 6) is 0. The molecule has 1 aromatic carbocycles. The Hall–Kier alpha value is -2.59. The van der Waals surface area contributed by atoms with Crippen molar-refractivity contribution in [2.45, 2.75) is 30.9 Å². The number of hydrogen-bond donors (Lipinski definition) is 0. The first-order chi connectivity index (χ1) is 12.6. The van der Waals surface area contributed by atoms with Gasteiger partial charge in [-0.1, -0.05) is 32.0 Å². The minimum absolute atomic E-state index is 0.585. The molecule has 0 saturated heterocycles. The molecule has 4 heteroatoms. The predicted octanol–water partition coefficient (Wildman–Crippen LogP) is 5.87. The zero-order valence-electron chi connectivity index (χ0n) is 15.2. The van der Waals surface area contributed by atoms with Crippen LogP contribution in [0.3, 0.4) is 0 Å². The van der Waals surface area contributed by atoms with Crippen LogP contribution in [0.25, 0.3) is 28.0 Å². The molecule has 3 aromatic heterocycles. The number of aromatic nitrogens is 3. The summed E-state index contributed by atoms with van der Waals surface area (Å²) in [5, 5.41) is 0.585. The predicted molar refractivity (Wildman–Crippen MR) is 110 cm³/mol. The van der Waals surface area contributed by atoms with E-state index in [1.54, 1.807) is 0 Å². The van der Waals surface area contributed by atoms with Gasteiger partial charge in [0, 0.05) is 44.9 Å². The Kier molecular flexibility index (Phi) is 4.51. The van der Waals surface area contributed by atoms with Gasteiger partial charge in [-0.25, -0.2) is 4.98 Å². The molecule has 0 aliphatic carbocycles. The molecule has 3 heterocycles. The fourth-order valence-electron chi connectivity index (χ4n) is 3.12. The van der Waals surface area contributed by atoms with E-state index in [9.17, 15) is 0 Å². The zero-order valence-corrected chi connectivity index (χ0v) is 16.0. The second kappa shape index (κ2) is 6.96. The smallest absolute Gasteiger partial charge is 0.137 e. The maximum atomic E-state index is 4.57. The van der Waals surface area contributed by atoms with E-state index >= 15 is 0 Å². The minimum atomic E-state index is 0.585. The van der Waals surface area contributed by atoms with Crippen LogP contribution in [0, 0.1) is 6.92 Å². The third kappa shape index (κ3) is 3.25. The topological polar surface area (TPSA) is 30.2 Å². The lowest BCUT2D eigenvalue weighted by Crippen LogP contribution is -1.92. The number of benzene rings is 1. The van der Waals surface area contributed by atoms with Crippen LogP contribution in [-0.2, 0) is 0 Å². The summed E-state index contributed by atoms with van der Waals surface area (Å²) in [4.78, 5) is 10.3. The fourth-order valence-corrected chi connectivity index (χ4v) is 3.96. The fraction of sp³-hybridized carbons (Fsp3) is 0.182. The highest BCUT2D eigenvalue weighted by Gasteiger charge is 2.09. The number of pyridine rings is 2. The number of thioether (sulfide) groups is 1. The summed E-state index contributed by atoms with van der Waals surface area (Å²) < 4.78 is 2.16. The van der Waals surface area contributed by atoms with E-state index < -0.39 is 0 Å². The highest BCUT2D eigenvalue weighted by molar-refractivity contribution is 7.99. The van der Waals surface area contributed by atoms with E-state index in [-0.39, 0.29) is 0 Å². The Labute approximate surface area is 158 Å². The lowest BCUT2D eigenvalue weighted by molar-refractivity contribution is 1.11. The van der Waals surface area contributed by atoms with Crippen molar-refractivity contribution < 1.29 is 0 Å². The summed E-state index contributed by atoms with van der Waals surface area (Å²) in [5.41, 5.74) is 6.55. The molecule has 0 fully saturated rings. The molecular weight excluding hydrogens is 338 g/mol. The highest BCUT2D eigenvalue weighted by Crippen LogP contribution is 2.29. The third-order valence-electron chi connectivity index (χ3n) is 4.35. The van der Waals surface area contributed by atoms with Gasteiger partial charge in [0.15, 0.2) is 0 Å². The molecule has 0 aliphatic rings. The Bertz CT molecular complexity index is 1050. The molecule has 0 aliphatic heterocycles. The molecule has 0 amide bonds. The molecular formula is C22H21N3S. The summed E-state index contributed by atoms with van der Waals surface area (Å²) in [6.45, 7) is 6.47. The molecule has 26 heavy (non-hydrogen) atoms. The lowest BCUT2D eigenvalue weighted by atomic mass is 10.1. The van der Waals surface area contributed by atoms with Crippen molar-refractivity contribution in [1.82, 2.24) is 14.4 Å². The second-order valence-electron chi connectivity index (χ2n) is 6.62. The molecule has 0 radical (unpaired) electrons. The molecule has 0 spiro atoms. The monoisotopic (exact) mass is 359 g/mol. The van der Waals surface area contributed by atoms with Crippen molar-refractivity contribution >= 4 is 17.4 Å². The third-order valence-corrected chi connectivity index (χ3v) is 5.36. The Morgan fingerprint density at radius 2 is 1.69 bits per heavy atom. The van der Waals surface area contributed by atoms with E-state index in [2.05, 4.69) is 76.9 Å². The van der Waals surface area contributed by atoms with Gasteiger partial charge < -0.3 is 0 Å². The van der Waals surface area contributed by atoms with Gasteiger partial charge in [0.2, 0.25) is 0 Å². The summed E-state index contributed by atoms with van der Waals surface area (Å²) >= 11 is 1.88. The number of aryl methyl sites for hydroxylation is 1. The Morgan fingerprint density at radius 3 is 2.42 bits per heavy atom. The van der Waals surface area contributed by atoms with Gasteiger partial charge in [0.1, 0.15) is 5.65 Å². The average molecular weight is 359 g/mol. The van der Waals surface area contributed by atoms with Gasteiger partial charge in [0.05, 0.1) is 11.9 Å². The first-order valence-electron chi connectivity index (χ1n) is 8.78. The van der Waals surface area contributed by atoms with Gasteiger partial charge in [0.25, 0.3) is 0 Å². The summed E-state index contributed by atoms with van der Waals surface area (Å²) in [6.07, 6.45) is 5.93. The molecule has 3 nitrogen and oxygen atoms in total. The molecule has 0 saturated carbocycles. The van der Waals surface area contributed by atoms with Gasteiger partial charge in [-0.15, -0.1) is 11.8 Å². The maximum Gasteiger partial charge on any atom is 0.137 e. The standard InChI is InChI=1S/C22H21N3S/c1-15(2)26-19-9-6-17(7-10-19)21-13-24-22-11-8-18(14-25(21)22)20-5-4-12-23-16(20)3/h4-15H,1-3H3. The van der Waals surface area contributed by atoms with Crippen molar-refractivity contribution in [3.8, 4) is 22.4 Å². The van der Waals surface area contributed by atoms with Gasteiger partial charge in [-0.05, 0) is 37.3 Å². The van der Waals surface area contributed by atoms with Crippen molar-refractivity contribution in [3.63, 3.8) is 0 Å². The number of rotatable bonds is 4. The van der Waals surface area contributed by atoms with Crippen molar-refractivity contribution in [2.24, 2.45) is 0 Å². The van der Waals surface area contributed by atoms with Gasteiger partial charge in [-0.2, -0.15) is 0 Å². The average Bonchev–Trinajstić information content (AvgIpc) is 3.05. The van der Waals surface area contributed by atoms with Crippen LogP contribution >= 0.6 is 11.8 Å². The molecule has 0 unspecified atom stereocenters. The number of fused-ring (bicyclic) bond motifs is 1. The van der Waals surface area contributed by atoms with E-state index in [4.69, 9.17) is 0 Å². The molecule has 130 valence electrons. The van der Waals surface area contributed by atoms with Crippen molar-refractivity contribution in [3.05, 3.63) is 72.8 Å². The first-order valence-corrected chi connectivity index (χ1v) is 9.66. The summed E-state index contributed by atoms with van der Waals surface area (Å²) in [7, 11) is 0. The molecule has 0 bridgehead atoms. The van der Waals surface area contributed by atoms with Crippen LogP contribution in [0.5, 0.6) is 0 Å². The zero-order chi connectivity index (χ0) is 18.1. The quantitative estimate of drug-likeness (QED) is 0.427. The maximum absolute atomic E-state index is 4.57. The largest absolute Gasteiger partial charge is 0.299 e. The van der Waals surface area contributed by atoms with Crippen LogP contribution in [0.15, 0.2) is 72.0 Å². The molecule has 4 aromatic rings. The molecule has 0 N–H and O–H groups in total. The van der Waals surface area contributed by atoms with Crippen LogP contribution < -0.4 is 0 Å². The van der Waals surface area contributed by atoms with Crippen LogP contribution in [0.1, 0.15) is 19.5 Å². The van der Waals surface area contributed by atoms with E-state index in [1.807, 2.05) is 37.1 Å². The normalized spacial score (nSPS) is 11.4. The van der Waals surface area contributed by atoms with Crippen LogP contribution in [-0.4, -0.2) is 19.6 Å². The Balaban J connectivity index is 1.77.